The highest BCUT2D eigenvalue weighted by atomic mass is 16.7. The standard InChI is InChI=1S/C83H115N7O18/c1-8-16-76-107-72-52-66-64-26-23-60-51-61(91)29-31-81(60,5)77(64)70(94)53-82(66,6)83(72,108-76)71(95)55-106-62-24-21-58(22-25-62)50-68(92)57(4)49-69(93)78(56(2)3)86-74(97)30-41-101-39-14-37-99-35-13-36-100-38-15-40-102-43-33-85-73(96)27-28-75(98)89-54-59-17-9-10-18-63(59)80-79(65-19-11-12-20-67(65)89)87-88-90(80)34-44-104-46-48-105-47-45-103-42-32-84-7/h9-12,17-22,24-25,29,31,51,56-57,64,66,70,72,76-78,84,94H,8,13-16,23,26-28,30,32-50,52-55H2,1-7H3,(H,85,96)(H,86,97)/t57-,64+,66+,70+,72-,76?,77-,78+,81+,82+,83-/m1/s1. The SMILES string of the molecule is CCCC1O[C@@H]2C[C@H]3[C@@H]4CCC5=CC(=O)C=C[C@]5(C)[C@H]4[C@@H](O)C[C@]3(C)[C@]2(C(=O)COc2ccc(CC(=O)[C@H](C)CC(=O)[C@@H](NC(=O)CCOCCCOCCCOCCCOCCNC(=O)CCC(=O)N3Cc4ccccc4-c4c(nnn4CCOCCOCCOCCNC)-c4ccccc43)C(C)C)cc2)O1. The van der Waals surface area contributed by atoms with Crippen LogP contribution in [0.3, 0.4) is 0 Å². The molecule has 4 N–H and O–H groups in total. The number of benzene rings is 3. The van der Waals surface area contributed by atoms with Gasteiger partial charge in [0, 0.05) is 119 Å². The first-order valence-corrected chi connectivity index (χ1v) is 39.2. The van der Waals surface area contributed by atoms with E-state index in [2.05, 4.69) is 47.0 Å². The molecule has 4 fully saturated rings. The number of aliphatic hydroxyl groups is 1. The number of carbonyl (C=O) groups excluding carboxylic acids is 7. The summed E-state index contributed by atoms with van der Waals surface area (Å²) in [4.78, 5) is 96.1. The number of hydrogen-bond acceptors (Lipinski definition) is 21. The summed E-state index contributed by atoms with van der Waals surface area (Å²) < 4.78 is 61.4. The number of ketones is 4. The predicted molar refractivity (Wildman–Crippen MR) is 404 cm³/mol. The molecule has 11 atom stereocenters. The van der Waals surface area contributed by atoms with E-state index in [0.29, 0.717) is 155 Å². The van der Waals surface area contributed by atoms with E-state index in [0.717, 1.165) is 65.7 Å². The van der Waals surface area contributed by atoms with Gasteiger partial charge in [0.05, 0.1) is 95.6 Å². The third-order valence-corrected chi connectivity index (χ3v) is 22.4. The van der Waals surface area contributed by atoms with E-state index in [4.69, 9.17) is 47.4 Å². The number of hydrogen-bond donors (Lipinski definition) is 4. The maximum atomic E-state index is 14.8. The fourth-order valence-electron chi connectivity index (χ4n) is 16.9. The number of fused-ring (bicyclic) bond motifs is 12. The average Bonchev–Trinajstić information content (AvgIpc) is 1.53. The van der Waals surface area contributed by atoms with Gasteiger partial charge in [-0.25, -0.2) is 4.68 Å². The Hall–Kier alpha value is -7.27. The number of allylic oxidation sites excluding steroid dienone is 4. The monoisotopic (exact) mass is 1500 g/mol. The summed E-state index contributed by atoms with van der Waals surface area (Å²) in [7, 11) is 1.88. The van der Waals surface area contributed by atoms with Crippen LogP contribution in [0.1, 0.15) is 136 Å². The number of rotatable bonds is 47. The first-order chi connectivity index (χ1) is 52.3. The lowest BCUT2D eigenvalue weighted by molar-refractivity contribution is -0.200. The van der Waals surface area contributed by atoms with Gasteiger partial charge in [-0.1, -0.05) is 119 Å². The summed E-state index contributed by atoms with van der Waals surface area (Å²) in [5.41, 5.74) is 4.12. The van der Waals surface area contributed by atoms with E-state index in [9.17, 15) is 38.7 Å². The first kappa shape index (κ1) is 83.2. The van der Waals surface area contributed by atoms with Gasteiger partial charge in [0.2, 0.25) is 23.5 Å². The predicted octanol–water partition coefficient (Wildman–Crippen LogP) is 8.92. The minimum atomic E-state index is -1.31. The van der Waals surface area contributed by atoms with Gasteiger partial charge >= 0.3 is 0 Å². The van der Waals surface area contributed by atoms with E-state index in [1.807, 2.05) is 80.2 Å². The Kier molecular flexibility index (Phi) is 31.3. The number of anilines is 1. The Bertz CT molecular complexity index is 3710. The number of nitrogens with one attached hydrogen (secondary N) is 3. The highest BCUT2D eigenvalue weighted by Crippen LogP contribution is 2.70. The van der Waals surface area contributed by atoms with E-state index < -0.39 is 46.9 Å². The van der Waals surface area contributed by atoms with Gasteiger partial charge in [-0.3, -0.25) is 33.6 Å². The van der Waals surface area contributed by atoms with Crippen LogP contribution in [0, 0.1) is 40.4 Å². The minimum absolute atomic E-state index is 0.0134. The molecule has 6 aliphatic rings. The topological polar surface area (TPSA) is 302 Å². The third-order valence-electron chi connectivity index (χ3n) is 22.4. The lowest BCUT2D eigenvalue weighted by atomic mass is 9.46. The molecule has 108 heavy (non-hydrogen) atoms. The van der Waals surface area contributed by atoms with Gasteiger partial charge in [-0.15, -0.1) is 5.10 Å². The third kappa shape index (κ3) is 20.8. The molecule has 590 valence electrons. The zero-order valence-electron chi connectivity index (χ0n) is 64.4. The molecule has 4 aliphatic carbocycles. The number of Topliss-reactive ketones (excluding diaryl/α,β-unsaturated/α-hetero) is 3. The van der Waals surface area contributed by atoms with Crippen molar-refractivity contribution in [3.05, 3.63) is 108 Å². The molecule has 25 heteroatoms. The fraction of sp³-hybridized carbons (Fsp3) is 0.627. The molecule has 3 heterocycles. The zero-order valence-corrected chi connectivity index (χ0v) is 64.4. The van der Waals surface area contributed by atoms with Crippen molar-refractivity contribution >= 4 is 46.5 Å². The van der Waals surface area contributed by atoms with Crippen LogP contribution in [0.25, 0.3) is 22.5 Å². The summed E-state index contributed by atoms with van der Waals surface area (Å²) >= 11 is 0. The smallest absolute Gasteiger partial charge is 0.227 e. The summed E-state index contributed by atoms with van der Waals surface area (Å²) in [6.45, 7) is 19.8. The molecule has 2 aliphatic heterocycles. The second kappa shape index (κ2) is 40.6. The molecule has 1 unspecified atom stereocenters. The molecular weight excluding hydrogens is 1380 g/mol. The van der Waals surface area contributed by atoms with Crippen molar-refractivity contribution in [2.45, 2.75) is 175 Å². The van der Waals surface area contributed by atoms with Crippen LogP contribution in [0.15, 0.2) is 96.6 Å². The van der Waals surface area contributed by atoms with E-state index >= 15 is 0 Å². The second-order valence-electron chi connectivity index (χ2n) is 30.2. The highest BCUT2D eigenvalue weighted by Gasteiger charge is 2.76. The van der Waals surface area contributed by atoms with Crippen LogP contribution in [0.4, 0.5) is 5.69 Å². The van der Waals surface area contributed by atoms with Gasteiger partial charge in [0.25, 0.3) is 0 Å². The van der Waals surface area contributed by atoms with Crippen molar-refractivity contribution in [3.63, 3.8) is 0 Å². The Morgan fingerprint density at radius 1 is 0.731 bits per heavy atom. The Balaban J connectivity index is 0.537. The maximum Gasteiger partial charge on any atom is 0.227 e. The molecule has 3 saturated carbocycles. The summed E-state index contributed by atoms with van der Waals surface area (Å²) in [6, 6.07) is 21.9. The molecule has 0 radical (unpaired) electrons. The summed E-state index contributed by atoms with van der Waals surface area (Å²) in [5, 5.41) is 30.1. The molecule has 10 rings (SSSR count). The van der Waals surface area contributed by atoms with Gasteiger partial charge in [-0.2, -0.15) is 0 Å². The van der Waals surface area contributed by atoms with Gasteiger partial charge in [-0.05, 0) is 118 Å². The number of ether oxygens (including phenoxy) is 10. The van der Waals surface area contributed by atoms with Gasteiger partial charge in [0.1, 0.15) is 23.8 Å². The molecule has 3 aromatic carbocycles. The number of aromatic nitrogens is 3. The normalized spacial score (nSPS) is 23.7. The van der Waals surface area contributed by atoms with Crippen molar-refractivity contribution < 1.29 is 86.0 Å². The fourth-order valence-corrected chi connectivity index (χ4v) is 16.9. The molecule has 1 saturated heterocycles. The highest BCUT2D eigenvalue weighted by molar-refractivity contribution is 6.02. The Labute approximate surface area is 635 Å². The van der Waals surface area contributed by atoms with Crippen molar-refractivity contribution in [1.82, 2.24) is 30.9 Å². The van der Waals surface area contributed by atoms with Crippen LogP contribution >= 0.6 is 0 Å². The number of para-hydroxylation sites is 1. The van der Waals surface area contributed by atoms with Crippen molar-refractivity contribution in [3.8, 4) is 28.3 Å². The summed E-state index contributed by atoms with van der Waals surface area (Å²) in [6.07, 6.45) is 9.80. The first-order valence-electron chi connectivity index (χ1n) is 39.2. The van der Waals surface area contributed by atoms with Gasteiger partial charge < -0.3 is 73.3 Å². The molecular formula is C83H115N7O18. The summed E-state index contributed by atoms with van der Waals surface area (Å²) in [5.74, 6) is -1.61. The largest absolute Gasteiger partial charge is 0.486 e. The van der Waals surface area contributed by atoms with E-state index in [-0.39, 0.29) is 110 Å². The van der Waals surface area contributed by atoms with Crippen LogP contribution in [-0.2, 0) is 95.7 Å². The second-order valence-corrected chi connectivity index (χ2v) is 30.2. The molecule has 0 bridgehead atoms. The van der Waals surface area contributed by atoms with Gasteiger partial charge in [0.15, 0.2) is 23.5 Å². The van der Waals surface area contributed by atoms with E-state index in [1.54, 1.807) is 48.2 Å². The number of nitrogens with zero attached hydrogens (tertiary/aromatic N) is 4. The molecule has 25 nitrogen and oxygen atoms in total. The number of aliphatic hydroxyl groups excluding tert-OH is 1. The Morgan fingerprint density at radius 2 is 1.38 bits per heavy atom. The quantitative estimate of drug-likeness (QED) is 0.0300. The van der Waals surface area contributed by atoms with Crippen LogP contribution in [-0.4, -0.2) is 210 Å². The zero-order chi connectivity index (χ0) is 76.6. The molecule has 1 aromatic heterocycles. The Morgan fingerprint density at radius 3 is 2.08 bits per heavy atom. The van der Waals surface area contributed by atoms with E-state index in [1.165, 1.54) is 0 Å². The van der Waals surface area contributed by atoms with Crippen LogP contribution < -0.4 is 25.6 Å². The average molecular weight is 1500 g/mol. The van der Waals surface area contributed by atoms with Crippen molar-refractivity contribution in [2.75, 3.05) is 124 Å². The number of amides is 3. The molecule has 3 amide bonds. The van der Waals surface area contributed by atoms with Crippen LogP contribution in [0.2, 0.25) is 0 Å². The van der Waals surface area contributed by atoms with Crippen LogP contribution in [0.5, 0.6) is 5.75 Å². The van der Waals surface area contributed by atoms with Crippen molar-refractivity contribution in [1.29, 1.82) is 0 Å². The molecule has 4 aromatic rings. The number of carbonyl (C=O) groups is 7. The lowest BCUT2D eigenvalue weighted by Gasteiger charge is -2.59. The van der Waals surface area contributed by atoms with Crippen molar-refractivity contribution in [2.24, 2.45) is 40.4 Å². The lowest BCUT2D eigenvalue weighted by Crippen LogP contribution is -2.63. The minimum Gasteiger partial charge on any atom is -0.486 e. The molecule has 0 spiro atoms. The maximum absolute atomic E-state index is 14.8. The number of likely N-dealkylation sites (N-methyl/N-ethyl adjacent to an activating group) is 1.